The van der Waals surface area contributed by atoms with Crippen LogP contribution < -0.4 is 49.5 Å². The van der Waals surface area contributed by atoms with Crippen LogP contribution >= 0.6 is 0 Å². The summed E-state index contributed by atoms with van der Waals surface area (Å²) in [5, 5.41) is 13.4. The summed E-state index contributed by atoms with van der Waals surface area (Å²) in [6.45, 7) is 0.772. The van der Waals surface area contributed by atoms with Crippen LogP contribution in [0.4, 0.5) is 0 Å². The van der Waals surface area contributed by atoms with Crippen molar-refractivity contribution in [1.29, 1.82) is 0 Å². The van der Waals surface area contributed by atoms with Gasteiger partial charge in [-0.05, 0) is 76.1 Å². The zero-order chi connectivity index (χ0) is 51.0. The summed E-state index contributed by atoms with van der Waals surface area (Å²) in [4.78, 5) is 122. The molecule has 0 unspecified atom stereocenters. The molecule has 7 amide bonds. The van der Waals surface area contributed by atoms with E-state index in [1.165, 1.54) is 18.9 Å². The van der Waals surface area contributed by atoms with Crippen molar-refractivity contribution in [2.45, 2.75) is 107 Å². The molecule has 0 aliphatic carbocycles. The van der Waals surface area contributed by atoms with E-state index in [-0.39, 0.29) is 38.5 Å². The Morgan fingerprint density at radius 3 is 1.80 bits per heavy atom. The average molecular weight is 969 g/mol. The number of rotatable bonds is 30. The summed E-state index contributed by atoms with van der Waals surface area (Å²) in [7, 11) is 1.67. The number of imide groups is 1. The molecule has 4 aromatic rings. The Kier molecular flexibility index (Phi) is 23.0. The maximum Gasteiger partial charge on any atom is 0.249 e. The fourth-order valence-electron chi connectivity index (χ4n) is 7.72. The summed E-state index contributed by atoms with van der Waals surface area (Å²) in [6.07, 6.45) is 7.25. The topological polar surface area (TPSA) is 351 Å². The summed E-state index contributed by atoms with van der Waals surface area (Å²) >= 11 is 0. The monoisotopic (exact) mass is 969 g/mol. The molecule has 2 aromatic heterocycles. The number of hydrogen-bond acceptors (Lipinski definition) is 14. The van der Waals surface area contributed by atoms with Gasteiger partial charge in [-0.25, -0.2) is 9.97 Å². The van der Waals surface area contributed by atoms with Gasteiger partial charge in [0.15, 0.2) is 0 Å². The standard InChI is InChI=1S/C48H68N14O8/c1-31-40(61(2)30-56-31)24-41(48(70)59-37(17-9-11-19-49)46(68)57-35(28-63)21-32-13-5-3-6-14-32)62(42(64)25-51)43(65)27-54-45(67)39(22-33-15-7-4-8-16-33)60-47(69)38(18-10-12-20-50)58-44(66)36(52)23-34-26-53-29-55-34/h3-8,13-16,26,28-30,35-39,41H,9-12,17-25,27,49-52H2,1-2H3,(H,53,55)(H,54,67)(H,57,68)(H,58,66)(H,59,70)(H,60,69)/t35-,36-,37-,38-,39-,41-/m0/s1. The molecule has 0 fully saturated rings. The molecule has 378 valence electrons. The van der Waals surface area contributed by atoms with Gasteiger partial charge in [-0.15, -0.1) is 0 Å². The van der Waals surface area contributed by atoms with Crippen LogP contribution in [0.5, 0.6) is 0 Å². The first-order valence-electron chi connectivity index (χ1n) is 23.4. The van der Waals surface area contributed by atoms with Gasteiger partial charge < -0.3 is 63.9 Å². The highest BCUT2D eigenvalue weighted by atomic mass is 16.2. The lowest BCUT2D eigenvalue weighted by molar-refractivity contribution is -0.151. The number of benzene rings is 2. The molecular weight excluding hydrogens is 901 g/mol. The number of unbranched alkanes of at least 4 members (excludes halogenated alkanes) is 2. The maximum absolute atomic E-state index is 14.6. The molecule has 0 aliphatic heterocycles. The fraction of sp³-hybridized carbons (Fsp3) is 0.458. The van der Waals surface area contributed by atoms with Crippen molar-refractivity contribution in [2.24, 2.45) is 30.0 Å². The quantitative estimate of drug-likeness (QED) is 0.0205. The number of aldehydes is 1. The Morgan fingerprint density at radius 1 is 0.700 bits per heavy atom. The Bertz CT molecular complexity index is 2290. The normalized spacial score (nSPS) is 13.6. The summed E-state index contributed by atoms with van der Waals surface area (Å²) in [6, 6.07) is 10.5. The first-order valence-corrected chi connectivity index (χ1v) is 23.4. The smallest absolute Gasteiger partial charge is 0.249 e. The summed E-state index contributed by atoms with van der Waals surface area (Å²) in [5.41, 5.74) is 26.5. The Balaban J connectivity index is 1.60. The molecule has 0 bridgehead atoms. The third-order valence-corrected chi connectivity index (χ3v) is 11.6. The van der Waals surface area contributed by atoms with Crippen molar-refractivity contribution in [3.8, 4) is 0 Å². The molecule has 14 N–H and O–H groups in total. The number of hydrogen-bond donors (Lipinski definition) is 10. The highest BCUT2D eigenvalue weighted by Crippen LogP contribution is 2.16. The van der Waals surface area contributed by atoms with Crippen LogP contribution in [-0.2, 0) is 71.1 Å². The molecule has 0 aliphatic rings. The van der Waals surface area contributed by atoms with Crippen molar-refractivity contribution in [3.05, 3.63) is 108 Å². The summed E-state index contributed by atoms with van der Waals surface area (Å²) < 4.78 is 1.62. The van der Waals surface area contributed by atoms with E-state index in [1.807, 2.05) is 18.2 Å². The number of aromatic amines is 1. The predicted molar refractivity (Wildman–Crippen MR) is 260 cm³/mol. The van der Waals surface area contributed by atoms with Crippen molar-refractivity contribution >= 4 is 47.6 Å². The highest BCUT2D eigenvalue weighted by Gasteiger charge is 2.38. The Morgan fingerprint density at radius 2 is 1.27 bits per heavy atom. The van der Waals surface area contributed by atoms with E-state index in [9.17, 15) is 38.4 Å². The fourth-order valence-corrected chi connectivity index (χ4v) is 7.72. The van der Waals surface area contributed by atoms with Gasteiger partial charge in [0.1, 0.15) is 30.5 Å². The number of aryl methyl sites for hydroxylation is 2. The van der Waals surface area contributed by atoms with E-state index in [2.05, 4.69) is 41.5 Å². The molecule has 2 aromatic carbocycles. The summed E-state index contributed by atoms with van der Waals surface area (Å²) in [5.74, 6) is -5.71. The molecule has 70 heavy (non-hydrogen) atoms. The van der Waals surface area contributed by atoms with Crippen LogP contribution in [0.1, 0.15) is 66.7 Å². The van der Waals surface area contributed by atoms with Gasteiger partial charge in [-0.1, -0.05) is 60.7 Å². The Labute approximate surface area is 407 Å². The van der Waals surface area contributed by atoms with Crippen LogP contribution in [-0.4, -0.2) is 134 Å². The molecule has 22 heteroatoms. The van der Waals surface area contributed by atoms with Gasteiger partial charge in [0.05, 0.1) is 43.5 Å². The second-order valence-electron chi connectivity index (χ2n) is 17.0. The minimum absolute atomic E-state index is 0.0461. The van der Waals surface area contributed by atoms with Crippen LogP contribution in [0, 0.1) is 6.92 Å². The predicted octanol–water partition coefficient (Wildman–Crippen LogP) is -1.76. The van der Waals surface area contributed by atoms with Gasteiger partial charge in [0.2, 0.25) is 41.4 Å². The van der Waals surface area contributed by atoms with Crippen LogP contribution in [0.15, 0.2) is 79.5 Å². The van der Waals surface area contributed by atoms with Gasteiger partial charge in [0, 0.05) is 43.9 Å². The molecule has 0 spiro atoms. The number of imidazole rings is 2. The first-order chi connectivity index (χ1) is 33.7. The third-order valence-electron chi connectivity index (χ3n) is 11.6. The average Bonchev–Trinajstić information content (AvgIpc) is 3.99. The number of nitrogens with zero attached hydrogens (tertiary/aromatic N) is 4. The lowest BCUT2D eigenvalue weighted by atomic mass is 10.0. The molecule has 22 nitrogen and oxygen atoms in total. The lowest BCUT2D eigenvalue weighted by Crippen LogP contribution is -2.60. The number of nitrogens with two attached hydrogens (primary N) is 4. The zero-order valence-electron chi connectivity index (χ0n) is 39.8. The van der Waals surface area contributed by atoms with Crippen LogP contribution in [0.2, 0.25) is 0 Å². The number of amides is 7. The third kappa shape index (κ3) is 17.4. The van der Waals surface area contributed by atoms with Gasteiger partial charge in [0.25, 0.3) is 0 Å². The number of nitrogens with one attached hydrogen (secondary N) is 6. The van der Waals surface area contributed by atoms with E-state index in [0.717, 1.165) is 5.56 Å². The van der Waals surface area contributed by atoms with E-state index < -0.39 is 90.7 Å². The van der Waals surface area contributed by atoms with Crippen LogP contribution in [0.3, 0.4) is 0 Å². The van der Waals surface area contributed by atoms with E-state index >= 15 is 0 Å². The largest absolute Gasteiger partial charge is 0.348 e. The van der Waals surface area contributed by atoms with Crippen molar-refractivity contribution in [1.82, 2.24) is 51.0 Å². The van der Waals surface area contributed by atoms with E-state index in [4.69, 9.17) is 22.9 Å². The SMILES string of the molecule is Cc1ncn(C)c1C[C@@H](C(=O)N[C@@H](CCCCN)C(=O)N[C@H](C=O)Cc1ccccc1)N(C(=O)CN)C(=O)CNC(=O)[C@H](Cc1ccccc1)NC(=O)[C@H](CCCCN)NC(=O)[C@@H](N)Cc1cnc[nH]1. The van der Waals surface area contributed by atoms with Crippen molar-refractivity contribution < 1.29 is 38.4 Å². The molecule has 0 radical (unpaired) electrons. The number of carbonyl (C=O) groups excluding carboxylic acids is 8. The van der Waals surface area contributed by atoms with E-state index in [1.54, 1.807) is 61.0 Å². The molecule has 6 atom stereocenters. The van der Waals surface area contributed by atoms with Gasteiger partial charge in [-0.2, -0.15) is 0 Å². The molecule has 2 heterocycles. The molecule has 0 saturated carbocycles. The van der Waals surface area contributed by atoms with E-state index in [0.29, 0.717) is 72.6 Å². The second-order valence-corrected chi connectivity index (χ2v) is 17.0. The van der Waals surface area contributed by atoms with Gasteiger partial charge in [-0.3, -0.25) is 38.5 Å². The second kappa shape index (κ2) is 29.0. The number of aromatic nitrogens is 4. The molecule has 4 rings (SSSR count). The minimum Gasteiger partial charge on any atom is -0.348 e. The number of H-pyrrole nitrogens is 1. The molecular formula is C48H68N14O8. The Hall–Kier alpha value is -7.14. The first kappa shape index (κ1) is 55.5. The van der Waals surface area contributed by atoms with Crippen molar-refractivity contribution in [3.63, 3.8) is 0 Å². The highest BCUT2D eigenvalue weighted by molar-refractivity contribution is 6.04. The zero-order valence-corrected chi connectivity index (χ0v) is 39.8. The van der Waals surface area contributed by atoms with Crippen molar-refractivity contribution in [2.75, 3.05) is 26.2 Å². The minimum atomic E-state index is -1.62. The maximum atomic E-state index is 14.6. The molecule has 0 saturated heterocycles. The lowest BCUT2D eigenvalue weighted by Gasteiger charge is -2.31. The van der Waals surface area contributed by atoms with Crippen LogP contribution in [0.25, 0.3) is 0 Å². The number of carbonyl (C=O) groups is 8. The van der Waals surface area contributed by atoms with Gasteiger partial charge >= 0.3 is 0 Å².